The van der Waals surface area contributed by atoms with Crippen molar-refractivity contribution in [3.63, 3.8) is 0 Å². The monoisotopic (exact) mass is 170 g/mol. The molecule has 0 radical (unpaired) electrons. The van der Waals surface area contributed by atoms with E-state index in [4.69, 9.17) is 0 Å². The SMILES string of the molecule is CC(C)C1CCCC(C)(O)C1C. The minimum absolute atomic E-state index is 0.410. The van der Waals surface area contributed by atoms with Crippen molar-refractivity contribution in [1.82, 2.24) is 0 Å². The van der Waals surface area contributed by atoms with Crippen LogP contribution < -0.4 is 0 Å². The molecule has 1 aliphatic rings. The third-order valence-corrected chi connectivity index (χ3v) is 3.70. The first-order valence-corrected chi connectivity index (χ1v) is 5.17. The van der Waals surface area contributed by atoms with Gasteiger partial charge in [-0.05, 0) is 37.5 Å². The number of hydrogen-bond donors (Lipinski definition) is 1. The molecule has 1 rings (SSSR count). The Morgan fingerprint density at radius 3 is 2.42 bits per heavy atom. The molecular formula is C11H22O. The van der Waals surface area contributed by atoms with Crippen molar-refractivity contribution < 1.29 is 5.11 Å². The highest BCUT2D eigenvalue weighted by Gasteiger charge is 2.38. The van der Waals surface area contributed by atoms with Crippen LogP contribution in [-0.4, -0.2) is 10.7 Å². The number of aliphatic hydroxyl groups is 1. The molecule has 0 saturated heterocycles. The van der Waals surface area contributed by atoms with Gasteiger partial charge in [0.1, 0.15) is 0 Å². The maximum absolute atomic E-state index is 10.1. The van der Waals surface area contributed by atoms with Crippen LogP contribution in [0.2, 0.25) is 0 Å². The summed E-state index contributed by atoms with van der Waals surface area (Å²) >= 11 is 0. The minimum Gasteiger partial charge on any atom is -0.390 e. The quantitative estimate of drug-likeness (QED) is 0.641. The first kappa shape index (κ1) is 10.0. The minimum atomic E-state index is -0.410. The molecule has 0 aromatic rings. The van der Waals surface area contributed by atoms with Gasteiger partial charge in [-0.15, -0.1) is 0 Å². The summed E-state index contributed by atoms with van der Waals surface area (Å²) in [6, 6.07) is 0. The van der Waals surface area contributed by atoms with Gasteiger partial charge >= 0.3 is 0 Å². The molecular weight excluding hydrogens is 148 g/mol. The molecule has 1 saturated carbocycles. The molecule has 1 N–H and O–H groups in total. The predicted octanol–water partition coefficient (Wildman–Crippen LogP) is 2.83. The van der Waals surface area contributed by atoms with Gasteiger partial charge in [0, 0.05) is 0 Å². The summed E-state index contributed by atoms with van der Waals surface area (Å²) in [4.78, 5) is 0. The summed E-state index contributed by atoms with van der Waals surface area (Å²) < 4.78 is 0. The molecule has 72 valence electrons. The normalized spacial score (nSPS) is 43.5. The van der Waals surface area contributed by atoms with Crippen molar-refractivity contribution >= 4 is 0 Å². The van der Waals surface area contributed by atoms with Crippen LogP contribution in [0.1, 0.15) is 47.0 Å². The molecule has 0 aromatic heterocycles. The van der Waals surface area contributed by atoms with Gasteiger partial charge in [0.2, 0.25) is 0 Å². The standard InChI is InChI=1S/C11H22O/c1-8(2)10-6-5-7-11(4,12)9(10)3/h8-10,12H,5-7H2,1-4H3. The Morgan fingerprint density at radius 2 is 2.00 bits per heavy atom. The maximum atomic E-state index is 10.1. The van der Waals surface area contributed by atoms with E-state index >= 15 is 0 Å². The van der Waals surface area contributed by atoms with Gasteiger partial charge in [-0.2, -0.15) is 0 Å². The van der Waals surface area contributed by atoms with Crippen molar-refractivity contribution in [3.05, 3.63) is 0 Å². The van der Waals surface area contributed by atoms with Crippen LogP contribution in [0.3, 0.4) is 0 Å². The van der Waals surface area contributed by atoms with E-state index in [9.17, 15) is 5.11 Å². The smallest absolute Gasteiger partial charge is 0.0647 e. The Morgan fingerprint density at radius 1 is 1.42 bits per heavy atom. The van der Waals surface area contributed by atoms with Crippen LogP contribution in [0, 0.1) is 17.8 Å². The van der Waals surface area contributed by atoms with E-state index in [2.05, 4.69) is 20.8 Å². The van der Waals surface area contributed by atoms with Crippen LogP contribution in [0.15, 0.2) is 0 Å². The van der Waals surface area contributed by atoms with E-state index < -0.39 is 5.60 Å². The number of rotatable bonds is 1. The van der Waals surface area contributed by atoms with Crippen molar-refractivity contribution in [2.24, 2.45) is 17.8 Å². The summed E-state index contributed by atoms with van der Waals surface area (Å²) in [5.74, 6) is 1.90. The Balaban J connectivity index is 2.66. The average Bonchev–Trinajstić information content (AvgIpc) is 1.94. The van der Waals surface area contributed by atoms with Gasteiger partial charge in [0.05, 0.1) is 5.60 Å². The van der Waals surface area contributed by atoms with E-state index in [0.29, 0.717) is 17.8 Å². The predicted molar refractivity (Wildman–Crippen MR) is 52.0 cm³/mol. The van der Waals surface area contributed by atoms with Crippen LogP contribution >= 0.6 is 0 Å². The van der Waals surface area contributed by atoms with E-state index in [0.717, 1.165) is 6.42 Å². The third-order valence-electron chi connectivity index (χ3n) is 3.70. The molecule has 1 fully saturated rings. The lowest BCUT2D eigenvalue weighted by Gasteiger charge is -2.42. The molecule has 0 amide bonds. The van der Waals surface area contributed by atoms with E-state index in [1.54, 1.807) is 0 Å². The summed E-state index contributed by atoms with van der Waals surface area (Å²) in [5.41, 5.74) is -0.410. The summed E-state index contributed by atoms with van der Waals surface area (Å²) in [6.07, 6.45) is 3.48. The van der Waals surface area contributed by atoms with Gasteiger partial charge < -0.3 is 5.11 Å². The number of hydrogen-bond acceptors (Lipinski definition) is 1. The first-order valence-electron chi connectivity index (χ1n) is 5.17. The molecule has 3 atom stereocenters. The fraction of sp³-hybridized carbons (Fsp3) is 1.00. The molecule has 0 aliphatic heterocycles. The maximum Gasteiger partial charge on any atom is 0.0647 e. The lowest BCUT2D eigenvalue weighted by molar-refractivity contribution is -0.0612. The van der Waals surface area contributed by atoms with Gasteiger partial charge in [-0.3, -0.25) is 0 Å². The zero-order valence-electron chi connectivity index (χ0n) is 8.80. The van der Waals surface area contributed by atoms with E-state index in [1.807, 2.05) is 6.92 Å². The van der Waals surface area contributed by atoms with Crippen LogP contribution in [0.25, 0.3) is 0 Å². The fourth-order valence-electron chi connectivity index (χ4n) is 2.55. The van der Waals surface area contributed by atoms with E-state index in [-0.39, 0.29) is 0 Å². The Labute approximate surface area is 76.2 Å². The summed E-state index contributed by atoms with van der Waals surface area (Å²) in [6.45, 7) is 8.72. The highest BCUT2D eigenvalue weighted by atomic mass is 16.3. The zero-order valence-corrected chi connectivity index (χ0v) is 8.80. The zero-order chi connectivity index (χ0) is 9.35. The molecule has 12 heavy (non-hydrogen) atoms. The second kappa shape index (κ2) is 3.37. The van der Waals surface area contributed by atoms with Crippen molar-refractivity contribution in [3.8, 4) is 0 Å². The second-order valence-electron chi connectivity index (χ2n) is 4.95. The van der Waals surface area contributed by atoms with Crippen molar-refractivity contribution in [2.45, 2.75) is 52.6 Å². The largest absolute Gasteiger partial charge is 0.390 e. The molecule has 0 aromatic carbocycles. The van der Waals surface area contributed by atoms with E-state index in [1.165, 1.54) is 12.8 Å². The molecule has 1 nitrogen and oxygen atoms in total. The lowest BCUT2D eigenvalue weighted by atomic mass is 9.67. The highest BCUT2D eigenvalue weighted by molar-refractivity contribution is 4.89. The summed E-state index contributed by atoms with van der Waals surface area (Å²) in [5, 5.41) is 10.1. The fourth-order valence-corrected chi connectivity index (χ4v) is 2.55. The first-order chi connectivity index (χ1) is 5.45. The molecule has 1 heteroatoms. The van der Waals surface area contributed by atoms with Gasteiger partial charge in [0.15, 0.2) is 0 Å². The molecule has 3 unspecified atom stereocenters. The van der Waals surface area contributed by atoms with Crippen molar-refractivity contribution in [2.75, 3.05) is 0 Å². The molecule has 0 spiro atoms. The second-order valence-corrected chi connectivity index (χ2v) is 4.95. The van der Waals surface area contributed by atoms with Crippen molar-refractivity contribution in [1.29, 1.82) is 0 Å². The Bertz CT molecular complexity index is 149. The van der Waals surface area contributed by atoms with Gasteiger partial charge in [0.25, 0.3) is 0 Å². The van der Waals surface area contributed by atoms with Gasteiger partial charge in [-0.1, -0.05) is 27.2 Å². The Hall–Kier alpha value is -0.0400. The third kappa shape index (κ3) is 1.82. The van der Waals surface area contributed by atoms with Crippen LogP contribution in [0.5, 0.6) is 0 Å². The molecule has 1 aliphatic carbocycles. The average molecular weight is 170 g/mol. The lowest BCUT2D eigenvalue weighted by Crippen LogP contribution is -2.42. The highest BCUT2D eigenvalue weighted by Crippen LogP contribution is 2.40. The van der Waals surface area contributed by atoms with Crippen LogP contribution in [-0.2, 0) is 0 Å². The van der Waals surface area contributed by atoms with Gasteiger partial charge in [-0.25, -0.2) is 0 Å². The molecule has 0 bridgehead atoms. The topological polar surface area (TPSA) is 20.2 Å². The molecule has 0 heterocycles. The summed E-state index contributed by atoms with van der Waals surface area (Å²) in [7, 11) is 0. The van der Waals surface area contributed by atoms with Crippen LogP contribution in [0.4, 0.5) is 0 Å². The Kier molecular flexibility index (Phi) is 2.82.